The van der Waals surface area contributed by atoms with Crippen molar-refractivity contribution in [3.05, 3.63) is 99.2 Å². The van der Waals surface area contributed by atoms with Crippen LogP contribution in [0.15, 0.2) is 66.7 Å². The average Bonchev–Trinajstić information content (AvgIpc) is 3.71. The van der Waals surface area contributed by atoms with Gasteiger partial charge in [-0.25, -0.2) is 0 Å². The Morgan fingerprint density at radius 3 is 1.95 bits per heavy atom. The second-order valence-corrected chi connectivity index (χ2v) is 11.5. The second-order valence-electron chi connectivity index (χ2n) is 10.6. The third-order valence-corrected chi connectivity index (χ3v) is 8.43. The predicted molar refractivity (Wildman–Crippen MR) is 153 cm³/mol. The first kappa shape index (κ1) is 25.9. The molecule has 2 heterocycles. The van der Waals surface area contributed by atoms with E-state index in [1.165, 1.54) is 0 Å². The number of amides is 1. The highest BCUT2D eigenvalue weighted by molar-refractivity contribution is 6.30. The molecule has 1 saturated heterocycles. The van der Waals surface area contributed by atoms with Gasteiger partial charge in [-0.1, -0.05) is 53.5 Å². The maximum absolute atomic E-state index is 12.3. The van der Waals surface area contributed by atoms with Crippen LogP contribution in [0.5, 0.6) is 0 Å². The molecule has 2 fully saturated rings. The average molecular weight is 562 g/mol. The fourth-order valence-electron chi connectivity index (χ4n) is 5.79. The summed E-state index contributed by atoms with van der Waals surface area (Å²) in [5.41, 5.74) is 5.67. The first-order chi connectivity index (χ1) is 18.9. The fraction of sp³-hybridized carbons (Fsp3) is 0.323. The van der Waals surface area contributed by atoms with Gasteiger partial charge >= 0.3 is 5.97 Å². The quantitative estimate of drug-likeness (QED) is 0.194. The minimum atomic E-state index is -1.08. The van der Waals surface area contributed by atoms with E-state index in [0.717, 1.165) is 59.0 Å². The first-order valence-electron chi connectivity index (χ1n) is 13.4. The number of fused-ring (bicyclic) bond motifs is 1. The van der Waals surface area contributed by atoms with Crippen LogP contribution in [0.4, 0.5) is 0 Å². The van der Waals surface area contributed by atoms with Crippen LogP contribution in [0.1, 0.15) is 72.4 Å². The van der Waals surface area contributed by atoms with E-state index in [0.29, 0.717) is 29.2 Å². The van der Waals surface area contributed by atoms with E-state index in [4.69, 9.17) is 33.4 Å². The van der Waals surface area contributed by atoms with Gasteiger partial charge in [0.05, 0.1) is 17.3 Å². The predicted octanol–water partition coefficient (Wildman–Crippen LogP) is 7.04. The molecule has 1 N–H and O–H groups in total. The van der Waals surface area contributed by atoms with E-state index < -0.39 is 12.4 Å². The largest absolute Gasteiger partial charge is 0.481 e. The second kappa shape index (κ2) is 10.7. The smallest absolute Gasteiger partial charge is 0.312 e. The number of carbonyl (C=O) groups excluding carboxylic acids is 1. The lowest BCUT2D eigenvalue weighted by atomic mass is 9.84. The number of likely N-dealkylation sites (tertiary alicyclic amines) is 1. The number of aliphatic carboxylic acids is 1. The third kappa shape index (κ3) is 5.41. The van der Waals surface area contributed by atoms with Crippen LogP contribution in [-0.4, -0.2) is 44.8 Å². The van der Waals surface area contributed by atoms with Gasteiger partial charge in [0.1, 0.15) is 6.42 Å². The van der Waals surface area contributed by atoms with Crippen LogP contribution in [0.2, 0.25) is 10.0 Å². The van der Waals surface area contributed by atoms with Gasteiger partial charge in [-0.15, -0.1) is 0 Å². The Morgan fingerprint density at radius 1 is 0.846 bits per heavy atom. The zero-order valence-electron chi connectivity index (χ0n) is 21.4. The highest BCUT2D eigenvalue weighted by Gasteiger charge is 2.32. The highest BCUT2D eigenvalue weighted by Crippen LogP contribution is 2.42. The van der Waals surface area contributed by atoms with Crippen LogP contribution in [0.25, 0.3) is 10.9 Å². The normalized spacial score (nSPS) is 16.2. The Balaban J connectivity index is 1.38. The number of hydrogen-bond acceptors (Lipinski definition) is 3. The van der Waals surface area contributed by atoms with Crippen LogP contribution < -0.4 is 0 Å². The molecule has 1 aliphatic carbocycles. The lowest BCUT2D eigenvalue weighted by Gasteiger charge is -2.31. The lowest BCUT2D eigenvalue weighted by molar-refractivity contribution is -0.144. The summed E-state index contributed by atoms with van der Waals surface area (Å²) in [6.45, 7) is 1.10. The molecule has 1 amide bonds. The van der Waals surface area contributed by atoms with Gasteiger partial charge in [0, 0.05) is 40.4 Å². The highest BCUT2D eigenvalue weighted by atomic mass is 35.5. The van der Waals surface area contributed by atoms with Crippen molar-refractivity contribution in [1.82, 2.24) is 14.7 Å². The van der Waals surface area contributed by atoms with E-state index in [2.05, 4.69) is 47.1 Å². The molecular weight excluding hydrogens is 533 g/mol. The number of carbonyl (C=O) groups is 2. The standard InChI is InChI=1S/C31H29Cl2N3O3/c32-23-6-1-19(2-7-23)30(20-3-8-24(33)9-4-20)22-5-12-27-26(17-22)31(34-36(27)25-10-11-25)21-13-15-35(16-14-21)28(37)18-29(38)39/h1-9,12,17,21,25,30H,10-11,13-16,18H2,(H,38,39). The fourth-order valence-corrected chi connectivity index (χ4v) is 6.04. The molecule has 6 nitrogen and oxygen atoms in total. The number of halogens is 2. The van der Waals surface area contributed by atoms with Crippen LogP contribution in [0, 0.1) is 0 Å². The van der Waals surface area contributed by atoms with Crippen LogP contribution in [-0.2, 0) is 9.59 Å². The van der Waals surface area contributed by atoms with Gasteiger partial charge in [-0.2, -0.15) is 5.10 Å². The van der Waals surface area contributed by atoms with E-state index in [1.54, 1.807) is 4.90 Å². The number of hydrogen-bond donors (Lipinski definition) is 1. The minimum absolute atomic E-state index is 0.00320. The Kier molecular flexibility index (Phi) is 7.08. The number of aromatic nitrogens is 2. The summed E-state index contributed by atoms with van der Waals surface area (Å²) < 4.78 is 2.19. The number of piperidine rings is 1. The summed E-state index contributed by atoms with van der Waals surface area (Å²) in [4.78, 5) is 25.0. The summed E-state index contributed by atoms with van der Waals surface area (Å²) in [7, 11) is 0. The maximum atomic E-state index is 12.3. The monoisotopic (exact) mass is 561 g/mol. The Hall–Kier alpha value is -3.35. The molecule has 6 rings (SSSR count). The van der Waals surface area contributed by atoms with Gasteiger partial charge in [-0.3, -0.25) is 14.3 Å². The van der Waals surface area contributed by atoms with Gasteiger partial charge in [0.15, 0.2) is 0 Å². The number of carboxylic acid groups (broad SMARTS) is 1. The van der Waals surface area contributed by atoms with E-state index in [1.807, 2.05) is 24.3 Å². The van der Waals surface area contributed by atoms with Crippen molar-refractivity contribution in [3.8, 4) is 0 Å². The molecule has 0 spiro atoms. The molecule has 1 saturated carbocycles. The molecule has 0 radical (unpaired) electrons. The van der Waals surface area contributed by atoms with Gasteiger partial charge in [0.2, 0.25) is 5.91 Å². The summed E-state index contributed by atoms with van der Waals surface area (Å²) >= 11 is 12.4. The number of nitrogens with zero attached hydrogens (tertiary/aromatic N) is 3. The van der Waals surface area contributed by atoms with Gasteiger partial charge < -0.3 is 10.0 Å². The summed E-state index contributed by atoms with van der Waals surface area (Å²) in [5.74, 6) is -1.19. The van der Waals surface area contributed by atoms with Crippen LogP contribution in [0.3, 0.4) is 0 Å². The van der Waals surface area contributed by atoms with Crippen molar-refractivity contribution < 1.29 is 14.7 Å². The Bertz CT molecular complexity index is 1470. The zero-order chi connectivity index (χ0) is 27.1. The molecule has 4 aromatic rings. The summed E-state index contributed by atoms with van der Waals surface area (Å²) in [6.07, 6.45) is 3.36. The van der Waals surface area contributed by atoms with Crippen molar-refractivity contribution in [2.45, 2.75) is 50.0 Å². The topological polar surface area (TPSA) is 75.4 Å². The zero-order valence-corrected chi connectivity index (χ0v) is 22.9. The minimum Gasteiger partial charge on any atom is -0.481 e. The molecule has 8 heteroatoms. The Morgan fingerprint density at radius 2 is 1.41 bits per heavy atom. The summed E-state index contributed by atoms with van der Waals surface area (Å²) in [5, 5.41) is 16.7. The number of benzene rings is 3. The molecule has 1 aromatic heterocycles. The van der Waals surface area contributed by atoms with Gasteiger partial charge in [-0.05, 0) is 78.8 Å². The van der Waals surface area contributed by atoms with Crippen LogP contribution >= 0.6 is 23.2 Å². The van der Waals surface area contributed by atoms with Gasteiger partial charge in [0.25, 0.3) is 0 Å². The SMILES string of the molecule is O=C(O)CC(=O)N1CCC(c2nn(C3CC3)c3ccc(C(c4ccc(Cl)cc4)c4ccc(Cl)cc4)cc23)CC1. The number of rotatable bonds is 7. The van der Waals surface area contributed by atoms with Crippen molar-refractivity contribution in [3.63, 3.8) is 0 Å². The molecule has 3 aromatic carbocycles. The van der Waals surface area contributed by atoms with Crippen molar-refractivity contribution >= 4 is 46.0 Å². The van der Waals surface area contributed by atoms with Crippen molar-refractivity contribution in [1.29, 1.82) is 0 Å². The molecule has 2 aliphatic rings. The summed E-state index contributed by atoms with van der Waals surface area (Å²) in [6, 6.07) is 23.1. The molecule has 0 bridgehead atoms. The lowest BCUT2D eigenvalue weighted by Crippen LogP contribution is -2.38. The third-order valence-electron chi connectivity index (χ3n) is 7.93. The Labute approximate surface area is 237 Å². The van der Waals surface area contributed by atoms with E-state index in [-0.39, 0.29) is 17.7 Å². The maximum Gasteiger partial charge on any atom is 0.312 e. The molecule has 39 heavy (non-hydrogen) atoms. The molecule has 200 valence electrons. The van der Waals surface area contributed by atoms with E-state index in [9.17, 15) is 9.59 Å². The molecule has 0 atom stereocenters. The van der Waals surface area contributed by atoms with Crippen molar-refractivity contribution in [2.24, 2.45) is 0 Å². The first-order valence-corrected chi connectivity index (χ1v) is 14.2. The van der Waals surface area contributed by atoms with Crippen molar-refractivity contribution in [2.75, 3.05) is 13.1 Å². The van der Waals surface area contributed by atoms with E-state index >= 15 is 0 Å². The molecule has 0 unspecified atom stereocenters. The number of carboxylic acids is 1. The molecular formula is C31H29Cl2N3O3. The molecule has 1 aliphatic heterocycles.